The van der Waals surface area contributed by atoms with Crippen molar-refractivity contribution in [3.05, 3.63) is 71.8 Å². The molecule has 3 aliphatic rings. The normalized spacial score (nSPS) is 30.7. The molecule has 0 aliphatic carbocycles. The molecule has 3 saturated heterocycles. The lowest BCUT2D eigenvalue weighted by molar-refractivity contribution is -0.155. The molecular weight excluding hydrogens is 540 g/mol. The van der Waals surface area contributed by atoms with Crippen LogP contribution in [0.4, 0.5) is 0 Å². The van der Waals surface area contributed by atoms with Gasteiger partial charge in [-0.25, -0.2) is 0 Å². The smallest absolute Gasteiger partial charge is 0.312 e. The van der Waals surface area contributed by atoms with Crippen molar-refractivity contribution in [1.82, 2.24) is 10.2 Å². The summed E-state index contributed by atoms with van der Waals surface area (Å²) in [5.41, 5.74) is 0.652. The summed E-state index contributed by atoms with van der Waals surface area (Å²) in [6.45, 7) is 1.85. The molecule has 5 rings (SSSR count). The number of fused-ring (bicyclic) bond motifs is 1. The number of carbonyl (C=O) groups excluding carboxylic acids is 3. The van der Waals surface area contributed by atoms with E-state index in [0.29, 0.717) is 12.8 Å². The number of nitrogens with one attached hydrogen (secondary N) is 1. The number of hydrogen-bond donors (Lipinski definition) is 2. The molecule has 9 heteroatoms. The Labute approximate surface area is 224 Å². The maximum Gasteiger partial charge on any atom is 0.312 e. The number of esters is 1. The second kappa shape index (κ2) is 10.6. The topological polar surface area (TPSA) is 105 Å². The maximum absolute atomic E-state index is 14.1. The van der Waals surface area contributed by atoms with E-state index >= 15 is 0 Å². The van der Waals surface area contributed by atoms with E-state index in [4.69, 9.17) is 9.47 Å². The predicted molar refractivity (Wildman–Crippen MR) is 138 cm³/mol. The van der Waals surface area contributed by atoms with Gasteiger partial charge < -0.3 is 24.8 Å². The lowest BCUT2D eigenvalue weighted by Crippen LogP contribution is -2.58. The van der Waals surface area contributed by atoms with Crippen LogP contribution in [-0.2, 0) is 36.8 Å². The fourth-order valence-electron chi connectivity index (χ4n) is 6.29. The standard InChI is InChI=1S/C28H31BrN2O6/c1-2-36-27(35)21-22-26(34)31(19(16-32)13-17-9-5-3-6-10-17)24(28(22)14-20(29)23(21)37-28)25(33)30-15-18-11-7-4-8-12-18/h3-12,19-24,32H,2,13-16H2,1H3,(H,30,33)/t19-,20?,21+,22+,23+,24?,28?/m1/s1. The molecule has 196 valence electrons. The first kappa shape index (κ1) is 25.9. The Morgan fingerprint density at radius 2 is 1.81 bits per heavy atom. The van der Waals surface area contributed by atoms with E-state index in [1.165, 1.54) is 4.90 Å². The highest BCUT2D eigenvalue weighted by molar-refractivity contribution is 9.09. The third-order valence-corrected chi connectivity index (χ3v) is 8.61. The van der Waals surface area contributed by atoms with Crippen LogP contribution in [0.5, 0.6) is 0 Å². The molecule has 0 radical (unpaired) electrons. The minimum Gasteiger partial charge on any atom is -0.466 e. The van der Waals surface area contributed by atoms with Crippen molar-refractivity contribution in [3.63, 3.8) is 0 Å². The third-order valence-electron chi connectivity index (χ3n) is 7.76. The van der Waals surface area contributed by atoms with Crippen molar-refractivity contribution < 1.29 is 29.0 Å². The number of carbonyl (C=O) groups is 3. The molecule has 3 fully saturated rings. The Kier molecular flexibility index (Phi) is 7.38. The first-order valence-corrected chi connectivity index (χ1v) is 13.6. The van der Waals surface area contributed by atoms with E-state index in [2.05, 4.69) is 21.2 Å². The highest BCUT2D eigenvalue weighted by Gasteiger charge is 2.77. The number of benzene rings is 2. The number of likely N-dealkylation sites (tertiary alicyclic amines) is 1. The first-order valence-electron chi connectivity index (χ1n) is 12.7. The number of hydrogen-bond acceptors (Lipinski definition) is 6. The molecule has 2 aromatic rings. The van der Waals surface area contributed by atoms with Crippen LogP contribution in [0.2, 0.25) is 0 Å². The average molecular weight is 571 g/mol. The van der Waals surface area contributed by atoms with Crippen LogP contribution >= 0.6 is 15.9 Å². The van der Waals surface area contributed by atoms with Gasteiger partial charge in [0.2, 0.25) is 11.8 Å². The Morgan fingerprint density at radius 3 is 2.43 bits per heavy atom. The van der Waals surface area contributed by atoms with Gasteiger partial charge in [0.15, 0.2) is 0 Å². The fraction of sp³-hybridized carbons (Fsp3) is 0.464. The van der Waals surface area contributed by atoms with E-state index in [1.54, 1.807) is 6.92 Å². The number of nitrogens with zero attached hydrogens (tertiary/aromatic N) is 1. The Hall–Kier alpha value is -2.75. The van der Waals surface area contributed by atoms with Crippen molar-refractivity contribution in [2.75, 3.05) is 13.2 Å². The van der Waals surface area contributed by atoms with E-state index in [1.807, 2.05) is 60.7 Å². The quantitative estimate of drug-likeness (QED) is 0.354. The van der Waals surface area contributed by atoms with Gasteiger partial charge in [-0.3, -0.25) is 14.4 Å². The Bertz CT molecular complexity index is 1150. The highest BCUT2D eigenvalue weighted by Crippen LogP contribution is 2.60. The molecule has 37 heavy (non-hydrogen) atoms. The number of rotatable bonds is 9. The number of aliphatic hydroxyl groups excluding tert-OH is 1. The summed E-state index contributed by atoms with van der Waals surface area (Å²) in [6, 6.07) is 17.4. The highest BCUT2D eigenvalue weighted by atomic mass is 79.9. The summed E-state index contributed by atoms with van der Waals surface area (Å²) in [4.78, 5) is 42.3. The zero-order chi connectivity index (χ0) is 26.2. The third kappa shape index (κ3) is 4.47. The molecule has 1 spiro atoms. The summed E-state index contributed by atoms with van der Waals surface area (Å²) < 4.78 is 11.8. The molecule has 3 unspecified atom stereocenters. The van der Waals surface area contributed by atoms with Crippen molar-refractivity contribution >= 4 is 33.7 Å². The average Bonchev–Trinajstić information content (AvgIpc) is 3.50. The molecule has 2 bridgehead atoms. The lowest BCUT2D eigenvalue weighted by atomic mass is 9.70. The minimum absolute atomic E-state index is 0.181. The monoisotopic (exact) mass is 570 g/mol. The van der Waals surface area contributed by atoms with Crippen LogP contribution < -0.4 is 5.32 Å². The number of aliphatic hydroxyl groups is 1. The molecule has 7 atom stereocenters. The molecule has 3 aliphatic heterocycles. The van der Waals surface area contributed by atoms with Crippen LogP contribution in [0.3, 0.4) is 0 Å². The molecule has 2 N–H and O–H groups in total. The van der Waals surface area contributed by atoms with Gasteiger partial charge in [-0.1, -0.05) is 76.6 Å². The predicted octanol–water partition coefficient (Wildman–Crippen LogP) is 2.22. The number of ether oxygens (including phenoxy) is 2. The van der Waals surface area contributed by atoms with Gasteiger partial charge in [0, 0.05) is 11.4 Å². The van der Waals surface area contributed by atoms with Crippen molar-refractivity contribution in [3.8, 4) is 0 Å². The molecule has 0 saturated carbocycles. The summed E-state index contributed by atoms with van der Waals surface area (Å²) in [5, 5.41) is 13.4. The van der Waals surface area contributed by atoms with Gasteiger partial charge in [0.25, 0.3) is 0 Å². The van der Waals surface area contributed by atoms with E-state index in [0.717, 1.165) is 11.1 Å². The number of alkyl halides is 1. The largest absolute Gasteiger partial charge is 0.466 e. The number of halogens is 1. The van der Waals surface area contributed by atoms with Crippen LogP contribution in [0.1, 0.15) is 24.5 Å². The Morgan fingerprint density at radius 1 is 1.16 bits per heavy atom. The van der Waals surface area contributed by atoms with Crippen LogP contribution in [-0.4, -0.2) is 69.6 Å². The van der Waals surface area contributed by atoms with Gasteiger partial charge in [-0.2, -0.15) is 0 Å². The molecule has 0 aromatic heterocycles. The zero-order valence-electron chi connectivity index (χ0n) is 20.6. The van der Waals surface area contributed by atoms with Gasteiger partial charge in [0.05, 0.1) is 37.2 Å². The van der Waals surface area contributed by atoms with Crippen molar-refractivity contribution in [2.45, 2.75) is 54.9 Å². The number of amides is 2. The summed E-state index contributed by atoms with van der Waals surface area (Å²) in [6.07, 6.45) is 0.189. The molecule has 2 aromatic carbocycles. The van der Waals surface area contributed by atoms with Gasteiger partial charge in [-0.15, -0.1) is 0 Å². The SMILES string of the molecule is CCOC(=O)[C@H]1[C@H]2C(=O)N([C@@H](CO)Cc3ccccc3)C(C(=O)NCc3ccccc3)C23CC(Br)[C@@H]1O3. The van der Waals surface area contributed by atoms with E-state index in [9.17, 15) is 19.5 Å². The van der Waals surface area contributed by atoms with Crippen molar-refractivity contribution in [2.24, 2.45) is 11.8 Å². The van der Waals surface area contributed by atoms with Crippen molar-refractivity contribution in [1.29, 1.82) is 0 Å². The minimum atomic E-state index is -1.20. The van der Waals surface area contributed by atoms with Gasteiger partial charge in [-0.05, 0) is 30.9 Å². The summed E-state index contributed by atoms with van der Waals surface area (Å²) in [7, 11) is 0. The molecule has 8 nitrogen and oxygen atoms in total. The first-order chi connectivity index (χ1) is 17.9. The second-order valence-electron chi connectivity index (χ2n) is 9.89. The molecule has 2 amide bonds. The zero-order valence-corrected chi connectivity index (χ0v) is 22.2. The van der Waals surface area contributed by atoms with Crippen LogP contribution in [0.15, 0.2) is 60.7 Å². The Balaban J connectivity index is 1.52. The van der Waals surface area contributed by atoms with E-state index in [-0.39, 0.29) is 36.4 Å². The molecule has 3 heterocycles. The summed E-state index contributed by atoms with van der Waals surface area (Å²) >= 11 is 3.64. The second-order valence-corrected chi connectivity index (χ2v) is 11.1. The summed E-state index contributed by atoms with van der Waals surface area (Å²) in [5.74, 6) is -2.89. The van der Waals surface area contributed by atoms with Gasteiger partial charge >= 0.3 is 5.97 Å². The molecular formula is C28H31BrN2O6. The van der Waals surface area contributed by atoms with Crippen LogP contribution in [0, 0.1) is 11.8 Å². The van der Waals surface area contributed by atoms with Crippen LogP contribution in [0.25, 0.3) is 0 Å². The maximum atomic E-state index is 14.1. The van der Waals surface area contributed by atoms with E-state index < -0.39 is 41.6 Å². The van der Waals surface area contributed by atoms with Gasteiger partial charge in [0.1, 0.15) is 11.6 Å². The fourth-order valence-corrected chi connectivity index (χ4v) is 7.23. The lowest BCUT2D eigenvalue weighted by Gasteiger charge is -2.37.